The molecule has 4 heteroatoms. The largest absolute Gasteiger partial charge is 0.355 e. The third kappa shape index (κ3) is 2.16. The Morgan fingerprint density at radius 3 is 2.50 bits per heavy atom. The Kier molecular flexibility index (Phi) is 3.10. The van der Waals surface area contributed by atoms with Crippen LogP contribution in [0.3, 0.4) is 0 Å². The highest BCUT2D eigenvalue weighted by Gasteiger charge is 2.29. The number of hydrogen-bond donors (Lipinski definition) is 1. The minimum Gasteiger partial charge on any atom is -0.355 e. The van der Waals surface area contributed by atoms with Crippen LogP contribution in [0.2, 0.25) is 0 Å². The minimum atomic E-state index is 0.312. The summed E-state index contributed by atoms with van der Waals surface area (Å²) in [5.74, 6) is 1.03. The Morgan fingerprint density at radius 1 is 1.31 bits per heavy atom. The fourth-order valence-corrected chi connectivity index (χ4v) is 2.17. The molecular weight excluding hydrogens is 200 g/mol. The van der Waals surface area contributed by atoms with Crippen molar-refractivity contribution >= 4 is 5.82 Å². The van der Waals surface area contributed by atoms with E-state index in [-0.39, 0.29) is 0 Å². The van der Waals surface area contributed by atoms with E-state index in [1.54, 1.807) is 12.4 Å². The van der Waals surface area contributed by atoms with Crippen molar-refractivity contribution < 1.29 is 0 Å². The Labute approximate surface area is 96.9 Å². The van der Waals surface area contributed by atoms with Crippen molar-refractivity contribution in [3.8, 4) is 0 Å². The SMILES string of the molecule is Cc1nccnc1N1CCC(C)(CN)CC1. The van der Waals surface area contributed by atoms with Crippen LogP contribution in [0.4, 0.5) is 5.82 Å². The van der Waals surface area contributed by atoms with Crippen LogP contribution < -0.4 is 10.6 Å². The maximum absolute atomic E-state index is 5.81. The molecule has 1 aliphatic heterocycles. The number of anilines is 1. The summed E-state index contributed by atoms with van der Waals surface area (Å²) < 4.78 is 0. The van der Waals surface area contributed by atoms with Crippen molar-refractivity contribution in [2.24, 2.45) is 11.1 Å². The zero-order valence-corrected chi connectivity index (χ0v) is 10.1. The van der Waals surface area contributed by atoms with Gasteiger partial charge in [-0.3, -0.25) is 4.98 Å². The molecule has 0 spiro atoms. The fraction of sp³-hybridized carbons (Fsp3) is 0.667. The lowest BCUT2D eigenvalue weighted by molar-refractivity contribution is 0.257. The molecule has 0 aliphatic carbocycles. The van der Waals surface area contributed by atoms with Gasteiger partial charge in [0.15, 0.2) is 0 Å². The standard InChI is InChI=1S/C12H20N4/c1-10-11(15-6-5-14-10)16-7-3-12(2,9-13)4-8-16/h5-6H,3-4,7-9,13H2,1-2H3. The van der Waals surface area contributed by atoms with E-state index in [4.69, 9.17) is 5.73 Å². The molecule has 16 heavy (non-hydrogen) atoms. The van der Waals surface area contributed by atoms with Crippen LogP contribution in [0.15, 0.2) is 12.4 Å². The Bertz CT molecular complexity index is 356. The van der Waals surface area contributed by atoms with E-state index < -0.39 is 0 Å². The van der Waals surface area contributed by atoms with Gasteiger partial charge in [-0.15, -0.1) is 0 Å². The molecule has 0 atom stereocenters. The van der Waals surface area contributed by atoms with Crippen LogP contribution in [0.1, 0.15) is 25.5 Å². The van der Waals surface area contributed by atoms with Gasteiger partial charge in [-0.1, -0.05) is 6.92 Å². The highest BCUT2D eigenvalue weighted by atomic mass is 15.2. The minimum absolute atomic E-state index is 0.312. The van der Waals surface area contributed by atoms with Gasteiger partial charge in [-0.2, -0.15) is 0 Å². The second-order valence-corrected chi connectivity index (χ2v) is 4.97. The second-order valence-electron chi connectivity index (χ2n) is 4.97. The zero-order chi connectivity index (χ0) is 11.6. The molecule has 0 unspecified atom stereocenters. The molecule has 1 fully saturated rings. The number of nitrogens with two attached hydrogens (primary N) is 1. The lowest BCUT2D eigenvalue weighted by Crippen LogP contribution is -2.42. The molecule has 0 aromatic carbocycles. The van der Waals surface area contributed by atoms with E-state index >= 15 is 0 Å². The Balaban J connectivity index is 2.07. The van der Waals surface area contributed by atoms with Crippen LogP contribution in [0, 0.1) is 12.3 Å². The molecule has 0 radical (unpaired) electrons. The summed E-state index contributed by atoms with van der Waals surface area (Å²) in [6.45, 7) is 7.13. The first-order valence-corrected chi connectivity index (χ1v) is 5.87. The van der Waals surface area contributed by atoms with Gasteiger partial charge in [0.2, 0.25) is 0 Å². The average Bonchev–Trinajstić information content (AvgIpc) is 2.31. The molecule has 88 valence electrons. The summed E-state index contributed by atoms with van der Waals surface area (Å²) in [7, 11) is 0. The average molecular weight is 220 g/mol. The molecule has 0 bridgehead atoms. The van der Waals surface area contributed by atoms with Crippen molar-refractivity contribution in [3.63, 3.8) is 0 Å². The van der Waals surface area contributed by atoms with Crippen LogP contribution in [0.5, 0.6) is 0 Å². The number of aromatic nitrogens is 2. The smallest absolute Gasteiger partial charge is 0.150 e. The summed E-state index contributed by atoms with van der Waals surface area (Å²) >= 11 is 0. The predicted molar refractivity (Wildman–Crippen MR) is 65.4 cm³/mol. The zero-order valence-electron chi connectivity index (χ0n) is 10.1. The van der Waals surface area contributed by atoms with Crippen molar-refractivity contribution in [2.45, 2.75) is 26.7 Å². The molecule has 0 saturated carbocycles. The van der Waals surface area contributed by atoms with E-state index in [1.165, 1.54) is 0 Å². The highest BCUT2D eigenvalue weighted by molar-refractivity contribution is 5.42. The summed E-state index contributed by atoms with van der Waals surface area (Å²) in [5, 5.41) is 0. The first-order chi connectivity index (χ1) is 7.64. The Morgan fingerprint density at radius 2 is 1.94 bits per heavy atom. The molecule has 2 rings (SSSR count). The molecule has 1 aromatic rings. The molecule has 0 amide bonds. The van der Waals surface area contributed by atoms with Gasteiger partial charge in [0.1, 0.15) is 5.82 Å². The number of aryl methyl sites for hydroxylation is 1. The van der Waals surface area contributed by atoms with Crippen molar-refractivity contribution in [3.05, 3.63) is 18.1 Å². The lowest BCUT2D eigenvalue weighted by atomic mass is 9.80. The summed E-state index contributed by atoms with van der Waals surface area (Å²) in [6.07, 6.45) is 5.78. The number of piperidine rings is 1. The molecule has 2 heterocycles. The molecule has 1 aromatic heterocycles. The van der Waals surface area contributed by atoms with Crippen LogP contribution in [-0.4, -0.2) is 29.6 Å². The third-order valence-electron chi connectivity index (χ3n) is 3.62. The Hall–Kier alpha value is -1.16. The van der Waals surface area contributed by atoms with Gasteiger partial charge in [0.05, 0.1) is 5.69 Å². The number of nitrogens with zero attached hydrogens (tertiary/aromatic N) is 3. The van der Waals surface area contributed by atoms with Gasteiger partial charge in [-0.05, 0) is 31.7 Å². The highest BCUT2D eigenvalue weighted by Crippen LogP contribution is 2.31. The molecule has 2 N–H and O–H groups in total. The van der Waals surface area contributed by atoms with E-state index in [0.717, 1.165) is 44.0 Å². The molecule has 4 nitrogen and oxygen atoms in total. The molecular formula is C12H20N4. The maximum Gasteiger partial charge on any atom is 0.150 e. The maximum atomic E-state index is 5.81. The van der Waals surface area contributed by atoms with Gasteiger partial charge in [0.25, 0.3) is 0 Å². The van der Waals surface area contributed by atoms with E-state index in [0.29, 0.717) is 5.41 Å². The van der Waals surface area contributed by atoms with Crippen LogP contribution >= 0.6 is 0 Å². The van der Waals surface area contributed by atoms with Crippen molar-refractivity contribution in [1.82, 2.24) is 9.97 Å². The molecule has 1 aliphatic rings. The normalized spacial score (nSPS) is 19.8. The lowest BCUT2D eigenvalue weighted by Gasteiger charge is -2.39. The van der Waals surface area contributed by atoms with Gasteiger partial charge in [-0.25, -0.2) is 4.98 Å². The van der Waals surface area contributed by atoms with E-state index in [9.17, 15) is 0 Å². The summed E-state index contributed by atoms with van der Waals surface area (Å²) in [4.78, 5) is 11.0. The van der Waals surface area contributed by atoms with Gasteiger partial charge >= 0.3 is 0 Å². The monoisotopic (exact) mass is 220 g/mol. The van der Waals surface area contributed by atoms with Gasteiger partial charge < -0.3 is 10.6 Å². The summed E-state index contributed by atoms with van der Waals surface area (Å²) in [5.41, 5.74) is 7.13. The van der Waals surface area contributed by atoms with Crippen molar-refractivity contribution in [2.75, 3.05) is 24.5 Å². The summed E-state index contributed by atoms with van der Waals surface area (Å²) in [6, 6.07) is 0. The number of hydrogen-bond acceptors (Lipinski definition) is 4. The van der Waals surface area contributed by atoms with E-state index in [1.807, 2.05) is 6.92 Å². The third-order valence-corrected chi connectivity index (χ3v) is 3.62. The van der Waals surface area contributed by atoms with Crippen LogP contribution in [-0.2, 0) is 0 Å². The molecule has 1 saturated heterocycles. The van der Waals surface area contributed by atoms with Gasteiger partial charge in [0, 0.05) is 25.5 Å². The van der Waals surface area contributed by atoms with Crippen LogP contribution in [0.25, 0.3) is 0 Å². The quantitative estimate of drug-likeness (QED) is 0.817. The topological polar surface area (TPSA) is 55.0 Å². The first-order valence-electron chi connectivity index (χ1n) is 5.87. The predicted octanol–water partition coefficient (Wildman–Crippen LogP) is 1.35. The van der Waals surface area contributed by atoms with E-state index in [2.05, 4.69) is 21.8 Å². The van der Waals surface area contributed by atoms with Crippen molar-refractivity contribution in [1.29, 1.82) is 0 Å². The fourth-order valence-electron chi connectivity index (χ4n) is 2.17. The second kappa shape index (κ2) is 4.37. The first kappa shape index (κ1) is 11.3. The number of rotatable bonds is 2.